The van der Waals surface area contributed by atoms with Crippen molar-refractivity contribution in [3.05, 3.63) is 24.3 Å². The number of rotatable bonds is 6. The maximum absolute atomic E-state index is 4.50. The standard InChI is InChI=1S/C13H19N5/c1-3-8-14-9-10-18(2)13-15-11-6-4-5-7-12(11)16-17-13/h4-7,14H,3,8-10H2,1-2H3. The van der Waals surface area contributed by atoms with E-state index >= 15 is 0 Å². The Balaban J connectivity index is 2.01. The third-order valence-electron chi connectivity index (χ3n) is 2.74. The molecule has 18 heavy (non-hydrogen) atoms. The first-order valence-corrected chi connectivity index (χ1v) is 6.32. The van der Waals surface area contributed by atoms with Crippen molar-refractivity contribution in [2.75, 3.05) is 31.6 Å². The molecular weight excluding hydrogens is 226 g/mol. The zero-order valence-electron chi connectivity index (χ0n) is 10.9. The lowest BCUT2D eigenvalue weighted by atomic mass is 10.3. The maximum atomic E-state index is 4.50. The lowest BCUT2D eigenvalue weighted by Crippen LogP contribution is -2.30. The monoisotopic (exact) mass is 245 g/mol. The van der Waals surface area contributed by atoms with E-state index < -0.39 is 0 Å². The SMILES string of the molecule is CCCNCCN(C)c1nnc2ccccc2n1. The van der Waals surface area contributed by atoms with Crippen LogP contribution in [0.1, 0.15) is 13.3 Å². The van der Waals surface area contributed by atoms with Crippen LogP contribution in [-0.4, -0.2) is 41.9 Å². The molecule has 1 aromatic heterocycles. The Labute approximate surface area is 107 Å². The molecule has 0 saturated carbocycles. The van der Waals surface area contributed by atoms with Gasteiger partial charge in [-0.2, -0.15) is 0 Å². The fraction of sp³-hybridized carbons (Fsp3) is 0.462. The van der Waals surface area contributed by atoms with Gasteiger partial charge in [0.1, 0.15) is 5.52 Å². The van der Waals surface area contributed by atoms with Gasteiger partial charge in [0.15, 0.2) is 0 Å². The third-order valence-corrected chi connectivity index (χ3v) is 2.74. The second-order valence-electron chi connectivity index (χ2n) is 4.27. The summed E-state index contributed by atoms with van der Waals surface area (Å²) in [6.07, 6.45) is 1.15. The number of fused-ring (bicyclic) bond motifs is 1. The Morgan fingerprint density at radius 2 is 1.89 bits per heavy atom. The molecule has 2 rings (SSSR count). The van der Waals surface area contributed by atoms with Crippen LogP contribution in [-0.2, 0) is 0 Å². The number of aromatic nitrogens is 3. The molecule has 0 radical (unpaired) electrons. The van der Waals surface area contributed by atoms with Gasteiger partial charge in [-0.15, -0.1) is 10.2 Å². The highest BCUT2D eigenvalue weighted by Gasteiger charge is 2.05. The number of nitrogens with zero attached hydrogens (tertiary/aromatic N) is 4. The largest absolute Gasteiger partial charge is 0.341 e. The van der Waals surface area contributed by atoms with E-state index in [1.807, 2.05) is 36.2 Å². The van der Waals surface area contributed by atoms with Crippen molar-refractivity contribution in [2.45, 2.75) is 13.3 Å². The third kappa shape index (κ3) is 3.13. The first-order valence-electron chi connectivity index (χ1n) is 6.32. The molecule has 0 aliphatic carbocycles. The molecule has 0 spiro atoms. The van der Waals surface area contributed by atoms with Gasteiger partial charge in [0.25, 0.3) is 0 Å². The van der Waals surface area contributed by atoms with Crippen LogP contribution in [0.25, 0.3) is 11.0 Å². The molecule has 1 aromatic carbocycles. The van der Waals surface area contributed by atoms with Crippen LogP contribution in [0.15, 0.2) is 24.3 Å². The van der Waals surface area contributed by atoms with E-state index in [-0.39, 0.29) is 0 Å². The van der Waals surface area contributed by atoms with E-state index in [1.54, 1.807) is 0 Å². The summed E-state index contributed by atoms with van der Waals surface area (Å²) in [6.45, 7) is 5.01. The van der Waals surface area contributed by atoms with Gasteiger partial charge in [-0.05, 0) is 25.1 Å². The highest BCUT2D eigenvalue weighted by molar-refractivity contribution is 5.74. The molecule has 1 N–H and O–H groups in total. The van der Waals surface area contributed by atoms with Crippen molar-refractivity contribution in [1.82, 2.24) is 20.5 Å². The predicted molar refractivity (Wildman–Crippen MR) is 73.8 cm³/mol. The maximum Gasteiger partial charge on any atom is 0.245 e. The summed E-state index contributed by atoms with van der Waals surface area (Å²) in [5.41, 5.74) is 1.72. The minimum absolute atomic E-state index is 0.673. The highest BCUT2D eigenvalue weighted by Crippen LogP contribution is 2.10. The molecule has 0 fully saturated rings. The summed E-state index contributed by atoms with van der Waals surface area (Å²) in [5, 5.41) is 11.7. The summed E-state index contributed by atoms with van der Waals surface area (Å²) in [6, 6.07) is 7.78. The van der Waals surface area contributed by atoms with Gasteiger partial charge in [0.2, 0.25) is 5.95 Å². The van der Waals surface area contributed by atoms with Crippen LogP contribution in [0, 0.1) is 0 Å². The molecule has 0 aliphatic heterocycles. The van der Waals surface area contributed by atoms with E-state index in [9.17, 15) is 0 Å². The van der Waals surface area contributed by atoms with Gasteiger partial charge in [0.05, 0.1) is 5.52 Å². The summed E-state index contributed by atoms with van der Waals surface area (Å²) in [4.78, 5) is 6.51. The predicted octanol–water partition coefficient (Wildman–Crippen LogP) is 1.46. The second kappa shape index (κ2) is 6.26. The molecule has 0 atom stereocenters. The molecule has 5 nitrogen and oxygen atoms in total. The van der Waals surface area contributed by atoms with Crippen molar-refractivity contribution in [3.8, 4) is 0 Å². The lowest BCUT2D eigenvalue weighted by Gasteiger charge is -2.16. The Morgan fingerprint density at radius 3 is 2.67 bits per heavy atom. The average Bonchev–Trinajstić information content (AvgIpc) is 2.43. The Hall–Kier alpha value is -1.75. The van der Waals surface area contributed by atoms with Gasteiger partial charge in [0, 0.05) is 20.1 Å². The van der Waals surface area contributed by atoms with Crippen molar-refractivity contribution >= 4 is 17.0 Å². The number of para-hydroxylation sites is 1. The molecule has 1 heterocycles. The lowest BCUT2D eigenvalue weighted by molar-refractivity contribution is 0.660. The van der Waals surface area contributed by atoms with Gasteiger partial charge >= 0.3 is 0 Å². The topological polar surface area (TPSA) is 53.9 Å². The molecule has 0 amide bonds. The number of hydrogen-bond donors (Lipinski definition) is 1. The zero-order valence-corrected chi connectivity index (χ0v) is 10.9. The summed E-state index contributed by atoms with van der Waals surface area (Å²) in [5.74, 6) is 0.673. The number of hydrogen-bond acceptors (Lipinski definition) is 5. The van der Waals surface area contributed by atoms with E-state index in [1.165, 1.54) is 0 Å². The first kappa shape index (κ1) is 12.7. The normalized spacial score (nSPS) is 10.8. The fourth-order valence-electron chi connectivity index (χ4n) is 1.68. The van der Waals surface area contributed by atoms with Crippen LogP contribution >= 0.6 is 0 Å². The fourth-order valence-corrected chi connectivity index (χ4v) is 1.68. The van der Waals surface area contributed by atoms with E-state index in [0.29, 0.717) is 5.95 Å². The minimum Gasteiger partial charge on any atom is -0.341 e. The van der Waals surface area contributed by atoms with Gasteiger partial charge in [-0.3, -0.25) is 0 Å². The molecule has 5 heteroatoms. The number of anilines is 1. The molecule has 0 aliphatic rings. The van der Waals surface area contributed by atoms with Crippen LogP contribution in [0.2, 0.25) is 0 Å². The molecule has 0 saturated heterocycles. The Morgan fingerprint density at radius 1 is 1.11 bits per heavy atom. The van der Waals surface area contributed by atoms with Crippen molar-refractivity contribution < 1.29 is 0 Å². The van der Waals surface area contributed by atoms with Crippen LogP contribution in [0.5, 0.6) is 0 Å². The summed E-state index contributed by atoms with van der Waals surface area (Å²) in [7, 11) is 1.99. The Kier molecular flexibility index (Phi) is 4.41. The zero-order chi connectivity index (χ0) is 12.8. The Bertz CT molecular complexity index is 499. The minimum atomic E-state index is 0.673. The van der Waals surface area contributed by atoms with Crippen LogP contribution in [0.3, 0.4) is 0 Å². The van der Waals surface area contributed by atoms with Gasteiger partial charge < -0.3 is 10.2 Å². The quantitative estimate of drug-likeness (QED) is 0.781. The van der Waals surface area contributed by atoms with Gasteiger partial charge in [-0.25, -0.2) is 4.98 Å². The second-order valence-corrected chi connectivity index (χ2v) is 4.27. The van der Waals surface area contributed by atoms with E-state index in [4.69, 9.17) is 0 Å². The molecule has 0 bridgehead atoms. The first-order chi connectivity index (χ1) is 8.81. The van der Waals surface area contributed by atoms with E-state index in [0.717, 1.165) is 37.1 Å². The molecule has 96 valence electrons. The number of nitrogens with one attached hydrogen (secondary N) is 1. The van der Waals surface area contributed by atoms with Crippen molar-refractivity contribution in [1.29, 1.82) is 0 Å². The highest BCUT2D eigenvalue weighted by atomic mass is 15.3. The van der Waals surface area contributed by atoms with Crippen molar-refractivity contribution in [2.24, 2.45) is 0 Å². The number of benzene rings is 1. The van der Waals surface area contributed by atoms with Crippen LogP contribution in [0.4, 0.5) is 5.95 Å². The molecule has 0 unspecified atom stereocenters. The smallest absolute Gasteiger partial charge is 0.245 e. The molecular formula is C13H19N5. The summed E-state index contributed by atoms with van der Waals surface area (Å²) >= 11 is 0. The number of likely N-dealkylation sites (N-methyl/N-ethyl adjacent to an activating group) is 1. The van der Waals surface area contributed by atoms with Gasteiger partial charge in [-0.1, -0.05) is 19.1 Å². The van der Waals surface area contributed by atoms with Crippen LogP contribution < -0.4 is 10.2 Å². The molecule has 2 aromatic rings. The average molecular weight is 245 g/mol. The van der Waals surface area contributed by atoms with E-state index in [2.05, 4.69) is 27.4 Å². The summed E-state index contributed by atoms with van der Waals surface area (Å²) < 4.78 is 0. The van der Waals surface area contributed by atoms with Crippen molar-refractivity contribution in [3.63, 3.8) is 0 Å².